The number of rotatable bonds is 7. The maximum atomic E-state index is 12.2. The van der Waals surface area contributed by atoms with Crippen LogP contribution in [0.15, 0.2) is 47.4 Å². The minimum absolute atomic E-state index is 0.227. The number of sulfonamides is 1. The van der Waals surface area contributed by atoms with Crippen molar-refractivity contribution < 1.29 is 13.2 Å². The first kappa shape index (κ1) is 17.5. The first-order valence-corrected chi connectivity index (χ1v) is 9.19. The lowest BCUT2D eigenvalue weighted by Crippen LogP contribution is -2.28. The molecule has 0 atom stereocenters. The zero-order chi connectivity index (χ0) is 16.9. The lowest BCUT2D eigenvalue weighted by Gasteiger charge is -2.11. The van der Waals surface area contributed by atoms with Crippen molar-refractivity contribution in [3.05, 3.63) is 59.2 Å². The molecule has 0 spiro atoms. The molecule has 0 amide bonds. The molecule has 0 aliphatic heterocycles. The highest BCUT2D eigenvalue weighted by Gasteiger charge is 2.13. The van der Waals surface area contributed by atoms with E-state index in [1.807, 2.05) is 51.1 Å². The number of nitrogens with one attached hydrogen (secondary N) is 1. The third kappa shape index (κ3) is 4.81. The van der Waals surface area contributed by atoms with Gasteiger partial charge in [-0.1, -0.05) is 36.8 Å². The summed E-state index contributed by atoms with van der Waals surface area (Å²) in [6.07, 6.45) is 0.886. The van der Waals surface area contributed by atoms with Gasteiger partial charge in [0.2, 0.25) is 10.0 Å². The Morgan fingerprint density at radius 3 is 2.35 bits per heavy atom. The van der Waals surface area contributed by atoms with Gasteiger partial charge in [0, 0.05) is 6.54 Å². The summed E-state index contributed by atoms with van der Waals surface area (Å²) in [7, 11) is -3.49. The molecule has 0 bridgehead atoms. The molecule has 2 aromatic carbocycles. The quantitative estimate of drug-likeness (QED) is 0.792. The molecule has 124 valence electrons. The predicted octanol–water partition coefficient (Wildman–Crippen LogP) is 3.22. The molecule has 0 fully saturated rings. The summed E-state index contributed by atoms with van der Waals surface area (Å²) in [5.41, 5.74) is 3.33. The standard InChI is InChI=1S/C18H23NO3S/c1-4-16-6-8-17(9-7-16)23(20,21)19-11-12-22-18-10-5-14(2)13-15(18)3/h5-10,13,19H,4,11-12H2,1-3H3. The fourth-order valence-corrected chi connectivity index (χ4v) is 3.30. The van der Waals surface area contributed by atoms with Crippen LogP contribution in [0.1, 0.15) is 23.6 Å². The van der Waals surface area contributed by atoms with Crippen LogP contribution in [0.25, 0.3) is 0 Å². The van der Waals surface area contributed by atoms with Crippen LogP contribution in [0, 0.1) is 13.8 Å². The van der Waals surface area contributed by atoms with Crippen LogP contribution in [0.4, 0.5) is 0 Å². The normalized spacial score (nSPS) is 11.4. The van der Waals surface area contributed by atoms with Gasteiger partial charge in [-0.15, -0.1) is 0 Å². The maximum Gasteiger partial charge on any atom is 0.240 e. The van der Waals surface area contributed by atoms with Gasteiger partial charge in [0.1, 0.15) is 12.4 Å². The molecule has 0 unspecified atom stereocenters. The van der Waals surface area contributed by atoms with Crippen molar-refractivity contribution in [3.63, 3.8) is 0 Å². The van der Waals surface area contributed by atoms with Crippen LogP contribution in [0.5, 0.6) is 5.75 Å². The Morgan fingerprint density at radius 1 is 1.04 bits per heavy atom. The van der Waals surface area contributed by atoms with Crippen molar-refractivity contribution in [2.75, 3.05) is 13.2 Å². The number of benzene rings is 2. The number of aryl methyl sites for hydroxylation is 3. The van der Waals surface area contributed by atoms with Crippen molar-refractivity contribution in [2.24, 2.45) is 0 Å². The molecule has 0 heterocycles. The van der Waals surface area contributed by atoms with E-state index in [0.29, 0.717) is 0 Å². The third-order valence-corrected chi connectivity index (χ3v) is 5.10. The van der Waals surface area contributed by atoms with Crippen LogP contribution in [0.2, 0.25) is 0 Å². The molecule has 4 nitrogen and oxygen atoms in total. The van der Waals surface area contributed by atoms with E-state index >= 15 is 0 Å². The molecule has 0 aromatic heterocycles. The van der Waals surface area contributed by atoms with Crippen molar-refractivity contribution in [1.29, 1.82) is 0 Å². The third-order valence-electron chi connectivity index (χ3n) is 3.62. The summed E-state index contributed by atoms with van der Waals surface area (Å²) in [6.45, 7) is 6.55. The first-order valence-electron chi connectivity index (χ1n) is 7.71. The second kappa shape index (κ2) is 7.62. The molecule has 0 aliphatic rings. The molecule has 1 N–H and O–H groups in total. The number of hydrogen-bond donors (Lipinski definition) is 1. The summed E-state index contributed by atoms with van der Waals surface area (Å²) >= 11 is 0. The Morgan fingerprint density at radius 2 is 1.74 bits per heavy atom. The highest BCUT2D eigenvalue weighted by molar-refractivity contribution is 7.89. The fraction of sp³-hybridized carbons (Fsp3) is 0.333. The van der Waals surface area contributed by atoms with Gasteiger partial charge in [-0.25, -0.2) is 13.1 Å². The summed E-state index contributed by atoms with van der Waals surface area (Å²) in [5.74, 6) is 0.780. The maximum absolute atomic E-state index is 12.2. The second-order valence-electron chi connectivity index (χ2n) is 5.51. The summed E-state index contributed by atoms with van der Waals surface area (Å²) in [4.78, 5) is 0.279. The van der Waals surface area contributed by atoms with Crippen LogP contribution >= 0.6 is 0 Å². The lowest BCUT2D eigenvalue weighted by atomic mass is 10.1. The largest absolute Gasteiger partial charge is 0.492 e. The van der Waals surface area contributed by atoms with Gasteiger partial charge in [-0.2, -0.15) is 0 Å². The van der Waals surface area contributed by atoms with Gasteiger partial charge in [-0.05, 0) is 49.6 Å². The van der Waals surface area contributed by atoms with Crippen molar-refractivity contribution in [3.8, 4) is 5.75 Å². The zero-order valence-electron chi connectivity index (χ0n) is 13.8. The van der Waals surface area contributed by atoms with Crippen LogP contribution in [-0.4, -0.2) is 21.6 Å². The molecule has 2 rings (SSSR count). The number of hydrogen-bond acceptors (Lipinski definition) is 3. The topological polar surface area (TPSA) is 55.4 Å². The average Bonchev–Trinajstić information content (AvgIpc) is 2.53. The highest BCUT2D eigenvalue weighted by atomic mass is 32.2. The monoisotopic (exact) mass is 333 g/mol. The van der Waals surface area contributed by atoms with E-state index in [9.17, 15) is 8.42 Å². The smallest absolute Gasteiger partial charge is 0.240 e. The van der Waals surface area contributed by atoms with E-state index in [-0.39, 0.29) is 18.0 Å². The Bertz CT molecular complexity index is 752. The molecule has 2 aromatic rings. The van der Waals surface area contributed by atoms with Crippen molar-refractivity contribution >= 4 is 10.0 Å². The van der Waals surface area contributed by atoms with Gasteiger partial charge < -0.3 is 4.74 Å². The minimum Gasteiger partial charge on any atom is -0.492 e. The van der Waals surface area contributed by atoms with Crippen molar-refractivity contribution in [1.82, 2.24) is 4.72 Å². The summed E-state index contributed by atoms with van der Waals surface area (Å²) in [6, 6.07) is 12.8. The molecule has 23 heavy (non-hydrogen) atoms. The second-order valence-corrected chi connectivity index (χ2v) is 7.28. The molecule has 0 radical (unpaired) electrons. The van der Waals surface area contributed by atoms with Crippen LogP contribution in [-0.2, 0) is 16.4 Å². The summed E-state index contributed by atoms with van der Waals surface area (Å²) < 4.78 is 32.6. The zero-order valence-corrected chi connectivity index (χ0v) is 14.6. The molecule has 0 aliphatic carbocycles. The summed E-state index contributed by atoms with van der Waals surface area (Å²) in [5, 5.41) is 0. The molecular formula is C18H23NO3S. The number of ether oxygens (including phenoxy) is 1. The van der Waals surface area contributed by atoms with E-state index in [4.69, 9.17) is 4.74 Å². The molecule has 0 saturated heterocycles. The van der Waals surface area contributed by atoms with Gasteiger partial charge in [0.05, 0.1) is 4.90 Å². The Hall–Kier alpha value is -1.85. The van der Waals surface area contributed by atoms with Gasteiger partial charge >= 0.3 is 0 Å². The lowest BCUT2D eigenvalue weighted by molar-refractivity contribution is 0.320. The molecular weight excluding hydrogens is 310 g/mol. The Kier molecular flexibility index (Phi) is 5.80. The van der Waals surface area contributed by atoms with E-state index in [1.165, 1.54) is 5.56 Å². The SMILES string of the molecule is CCc1ccc(S(=O)(=O)NCCOc2ccc(C)cc2C)cc1. The molecule has 5 heteroatoms. The van der Waals surface area contributed by atoms with Crippen LogP contribution in [0.3, 0.4) is 0 Å². The predicted molar refractivity (Wildman–Crippen MR) is 92.4 cm³/mol. The van der Waals surface area contributed by atoms with Crippen molar-refractivity contribution in [2.45, 2.75) is 32.1 Å². The Labute approximate surface area is 138 Å². The minimum atomic E-state index is -3.49. The van der Waals surface area contributed by atoms with E-state index in [1.54, 1.807) is 12.1 Å². The van der Waals surface area contributed by atoms with E-state index in [2.05, 4.69) is 4.72 Å². The fourth-order valence-electron chi connectivity index (χ4n) is 2.29. The molecule has 0 saturated carbocycles. The Balaban J connectivity index is 1.89. The van der Waals surface area contributed by atoms with E-state index in [0.717, 1.165) is 23.3 Å². The highest BCUT2D eigenvalue weighted by Crippen LogP contribution is 2.18. The van der Waals surface area contributed by atoms with Crippen LogP contribution < -0.4 is 9.46 Å². The van der Waals surface area contributed by atoms with Gasteiger partial charge in [0.25, 0.3) is 0 Å². The van der Waals surface area contributed by atoms with E-state index < -0.39 is 10.0 Å². The first-order chi connectivity index (χ1) is 10.9. The van der Waals surface area contributed by atoms with Gasteiger partial charge in [-0.3, -0.25) is 0 Å². The van der Waals surface area contributed by atoms with Gasteiger partial charge in [0.15, 0.2) is 0 Å². The average molecular weight is 333 g/mol.